The molecule has 0 heteroatoms. The van der Waals surface area contributed by atoms with E-state index in [4.69, 9.17) is 0 Å². The van der Waals surface area contributed by atoms with Crippen molar-refractivity contribution in [3.05, 3.63) is 42.0 Å². The molecule has 0 saturated heterocycles. The third-order valence-corrected chi connectivity index (χ3v) is 1.74. The van der Waals surface area contributed by atoms with Crippen molar-refractivity contribution in [3.8, 4) is 0 Å². The zero-order chi connectivity index (χ0) is 8.10. The summed E-state index contributed by atoms with van der Waals surface area (Å²) in [6.45, 7) is 4.31. The highest BCUT2D eigenvalue weighted by Gasteiger charge is 1.90. The zero-order valence-electron chi connectivity index (χ0n) is 7.17. The van der Waals surface area contributed by atoms with Crippen LogP contribution in [0.25, 0.3) is 5.57 Å². The van der Waals surface area contributed by atoms with E-state index in [1.807, 2.05) is 6.07 Å². The Morgan fingerprint density at radius 1 is 1.27 bits per heavy atom. The summed E-state index contributed by atoms with van der Waals surface area (Å²) in [5, 5.41) is 0. The number of hydrogen-bond acceptors (Lipinski definition) is 0. The molecule has 0 atom stereocenters. The molecule has 0 aromatic heterocycles. The molecule has 0 nitrogen and oxygen atoms in total. The first kappa shape index (κ1) is 8.06. The van der Waals surface area contributed by atoms with Crippen LogP contribution in [0.15, 0.2) is 36.4 Å². The Morgan fingerprint density at radius 3 is 2.45 bits per heavy atom. The normalized spacial score (nSPS) is 11.6. The molecule has 0 spiro atoms. The average molecular weight is 146 g/mol. The van der Waals surface area contributed by atoms with Crippen LogP contribution in [0.5, 0.6) is 0 Å². The quantitative estimate of drug-likeness (QED) is 0.599. The highest BCUT2D eigenvalue weighted by atomic mass is 14.0. The highest BCUT2D eigenvalue weighted by molar-refractivity contribution is 5.63. The molecule has 0 fully saturated rings. The maximum Gasteiger partial charge on any atom is -0.0231 e. The van der Waals surface area contributed by atoms with Gasteiger partial charge in [0.05, 0.1) is 0 Å². The molecule has 1 aromatic rings. The number of rotatable bonds is 2. The molecule has 11 heavy (non-hydrogen) atoms. The molecule has 0 aliphatic rings. The summed E-state index contributed by atoms with van der Waals surface area (Å²) in [6, 6.07) is 10.5. The number of benzene rings is 1. The Bertz CT molecular complexity index is 231. The average Bonchev–Trinajstić information content (AvgIpc) is 2.07. The SMILES string of the molecule is CCC=C(C)c1ccccc1. The van der Waals surface area contributed by atoms with Crippen molar-refractivity contribution in [2.24, 2.45) is 0 Å². The summed E-state index contributed by atoms with van der Waals surface area (Å²) in [7, 11) is 0. The molecule has 0 bridgehead atoms. The molecule has 0 N–H and O–H groups in total. The van der Waals surface area contributed by atoms with Crippen molar-refractivity contribution < 1.29 is 0 Å². The monoisotopic (exact) mass is 146 g/mol. The molecule has 0 amide bonds. The van der Waals surface area contributed by atoms with E-state index in [9.17, 15) is 0 Å². The van der Waals surface area contributed by atoms with E-state index in [1.165, 1.54) is 11.1 Å². The molecular formula is C11H14. The molecule has 0 heterocycles. The Hall–Kier alpha value is -1.04. The van der Waals surface area contributed by atoms with Gasteiger partial charge in [-0.15, -0.1) is 0 Å². The molecule has 0 unspecified atom stereocenters. The Labute approximate surface area is 68.6 Å². The van der Waals surface area contributed by atoms with Crippen LogP contribution in [-0.4, -0.2) is 0 Å². The van der Waals surface area contributed by atoms with Gasteiger partial charge in [-0.25, -0.2) is 0 Å². The van der Waals surface area contributed by atoms with Gasteiger partial charge in [-0.3, -0.25) is 0 Å². The summed E-state index contributed by atoms with van der Waals surface area (Å²) in [5.74, 6) is 0. The van der Waals surface area contributed by atoms with E-state index >= 15 is 0 Å². The molecular weight excluding hydrogens is 132 g/mol. The van der Waals surface area contributed by atoms with Gasteiger partial charge < -0.3 is 0 Å². The summed E-state index contributed by atoms with van der Waals surface area (Å²) in [5.41, 5.74) is 2.70. The predicted molar refractivity (Wildman–Crippen MR) is 50.4 cm³/mol. The maximum atomic E-state index is 2.25. The third-order valence-electron chi connectivity index (χ3n) is 1.74. The topological polar surface area (TPSA) is 0 Å². The highest BCUT2D eigenvalue weighted by Crippen LogP contribution is 2.12. The first-order chi connectivity index (χ1) is 5.34. The second-order valence-corrected chi connectivity index (χ2v) is 2.66. The molecule has 58 valence electrons. The van der Waals surface area contributed by atoms with E-state index in [0.29, 0.717) is 0 Å². The fourth-order valence-electron chi connectivity index (χ4n) is 1.13. The van der Waals surface area contributed by atoms with Crippen molar-refractivity contribution >= 4 is 5.57 Å². The minimum Gasteiger partial charge on any atom is -0.0813 e. The van der Waals surface area contributed by atoms with Gasteiger partial charge in [-0.05, 0) is 24.5 Å². The van der Waals surface area contributed by atoms with Gasteiger partial charge in [0, 0.05) is 0 Å². The van der Waals surface area contributed by atoms with E-state index in [0.717, 1.165) is 6.42 Å². The molecule has 0 saturated carbocycles. The summed E-state index contributed by atoms with van der Waals surface area (Å²) in [4.78, 5) is 0. The third kappa shape index (κ3) is 2.23. The molecule has 0 aliphatic heterocycles. The van der Waals surface area contributed by atoms with Crippen molar-refractivity contribution in [3.63, 3.8) is 0 Å². The van der Waals surface area contributed by atoms with Gasteiger partial charge >= 0.3 is 0 Å². The first-order valence-electron chi connectivity index (χ1n) is 4.06. The minimum absolute atomic E-state index is 1.11. The Balaban J connectivity index is 2.85. The molecule has 1 rings (SSSR count). The summed E-state index contributed by atoms with van der Waals surface area (Å²) < 4.78 is 0. The van der Waals surface area contributed by atoms with Crippen LogP contribution in [0.3, 0.4) is 0 Å². The Kier molecular flexibility index (Phi) is 2.91. The molecule has 0 aliphatic carbocycles. The Morgan fingerprint density at radius 2 is 1.91 bits per heavy atom. The van der Waals surface area contributed by atoms with Gasteiger partial charge in [0.25, 0.3) is 0 Å². The van der Waals surface area contributed by atoms with Gasteiger partial charge in [-0.2, -0.15) is 0 Å². The summed E-state index contributed by atoms with van der Waals surface area (Å²) in [6.07, 6.45) is 3.36. The van der Waals surface area contributed by atoms with Crippen molar-refractivity contribution in [1.82, 2.24) is 0 Å². The fourth-order valence-corrected chi connectivity index (χ4v) is 1.13. The first-order valence-corrected chi connectivity index (χ1v) is 4.06. The maximum absolute atomic E-state index is 2.25. The van der Waals surface area contributed by atoms with Gasteiger partial charge in [0.1, 0.15) is 0 Å². The standard InChI is InChI=1S/C11H14/c1-3-7-10(2)11-8-5-4-6-9-11/h4-9H,3H2,1-2H3. The van der Waals surface area contributed by atoms with Crippen LogP contribution in [0.2, 0.25) is 0 Å². The van der Waals surface area contributed by atoms with E-state index < -0.39 is 0 Å². The number of hydrogen-bond donors (Lipinski definition) is 0. The van der Waals surface area contributed by atoms with E-state index in [-0.39, 0.29) is 0 Å². The number of allylic oxidation sites excluding steroid dienone is 2. The van der Waals surface area contributed by atoms with Crippen LogP contribution in [0, 0.1) is 0 Å². The minimum atomic E-state index is 1.11. The molecule has 0 radical (unpaired) electrons. The van der Waals surface area contributed by atoms with Crippen LogP contribution in [0.1, 0.15) is 25.8 Å². The smallest absolute Gasteiger partial charge is 0.0231 e. The lowest BCUT2D eigenvalue weighted by Crippen LogP contribution is -1.76. The van der Waals surface area contributed by atoms with E-state index in [2.05, 4.69) is 44.2 Å². The second kappa shape index (κ2) is 3.97. The van der Waals surface area contributed by atoms with Crippen LogP contribution >= 0.6 is 0 Å². The lowest BCUT2D eigenvalue weighted by atomic mass is 10.1. The van der Waals surface area contributed by atoms with Crippen LogP contribution in [0.4, 0.5) is 0 Å². The second-order valence-electron chi connectivity index (χ2n) is 2.66. The molecule has 1 aromatic carbocycles. The zero-order valence-corrected chi connectivity index (χ0v) is 7.17. The van der Waals surface area contributed by atoms with Crippen molar-refractivity contribution in [2.75, 3.05) is 0 Å². The van der Waals surface area contributed by atoms with Gasteiger partial charge in [0.15, 0.2) is 0 Å². The van der Waals surface area contributed by atoms with Crippen molar-refractivity contribution in [2.45, 2.75) is 20.3 Å². The lowest BCUT2D eigenvalue weighted by Gasteiger charge is -1.98. The van der Waals surface area contributed by atoms with Gasteiger partial charge in [0.2, 0.25) is 0 Å². The largest absolute Gasteiger partial charge is 0.0813 e. The summed E-state index contributed by atoms with van der Waals surface area (Å²) >= 11 is 0. The van der Waals surface area contributed by atoms with Crippen molar-refractivity contribution in [1.29, 1.82) is 0 Å². The van der Waals surface area contributed by atoms with Crippen LogP contribution < -0.4 is 0 Å². The van der Waals surface area contributed by atoms with Crippen LogP contribution in [-0.2, 0) is 0 Å². The lowest BCUT2D eigenvalue weighted by molar-refractivity contribution is 1.22. The van der Waals surface area contributed by atoms with Gasteiger partial charge in [-0.1, -0.05) is 43.3 Å². The predicted octanol–water partition coefficient (Wildman–Crippen LogP) is 3.50. The fraction of sp³-hybridized carbons (Fsp3) is 0.273. The van der Waals surface area contributed by atoms with E-state index in [1.54, 1.807) is 0 Å².